The smallest absolute Gasteiger partial charge is 0.242 e. The van der Waals surface area contributed by atoms with E-state index in [0.717, 1.165) is 4.70 Å². The van der Waals surface area contributed by atoms with Crippen LogP contribution in [0, 0.1) is 0 Å². The third kappa shape index (κ3) is 1.72. The fourth-order valence-corrected chi connectivity index (χ4v) is 1.42. The standard InChI is InChI=1S/C12H10N2O2/c13-14(9-5-1-3-7-11(9)15)10-6-2-4-8-12(10)16/h1-8,15-16H. The summed E-state index contributed by atoms with van der Waals surface area (Å²) in [6.45, 7) is 0. The maximum Gasteiger partial charge on any atom is 0.242 e. The van der Waals surface area contributed by atoms with E-state index in [1.54, 1.807) is 36.4 Å². The molecule has 0 aliphatic carbocycles. The van der Waals surface area contributed by atoms with E-state index in [0.29, 0.717) is 0 Å². The molecule has 2 N–H and O–H groups in total. The summed E-state index contributed by atoms with van der Waals surface area (Å²) in [6.07, 6.45) is 0. The third-order valence-electron chi connectivity index (χ3n) is 2.22. The number of nitrogens with zero attached hydrogens (tertiary/aromatic N) is 2. The molecular formula is C12H10N2O2. The number of phenols is 2. The number of hydrogen-bond acceptors (Lipinski definition) is 2. The van der Waals surface area contributed by atoms with Gasteiger partial charge in [-0.2, -0.15) is 0 Å². The Bertz CT molecular complexity index is 491. The Balaban J connectivity index is 2.48. The fraction of sp³-hybridized carbons (Fsp3) is 0. The van der Waals surface area contributed by atoms with Crippen LogP contribution in [-0.4, -0.2) is 10.2 Å². The van der Waals surface area contributed by atoms with Crippen LogP contribution >= 0.6 is 0 Å². The van der Waals surface area contributed by atoms with E-state index in [1.807, 2.05) is 0 Å². The maximum absolute atomic E-state index is 9.87. The molecule has 4 nitrogen and oxygen atoms in total. The van der Waals surface area contributed by atoms with Gasteiger partial charge in [0.2, 0.25) is 11.4 Å². The second kappa shape index (κ2) is 4.02. The molecule has 0 saturated carbocycles. The largest absolute Gasteiger partial charge is 0.502 e. The molecule has 0 aliphatic rings. The topological polar surface area (TPSA) is 65.8 Å². The van der Waals surface area contributed by atoms with Crippen LogP contribution in [0.2, 0.25) is 0 Å². The van der Waals surface area contributed by atoms with Crippen LogP contribution < -0.4 is 4.70 Å². The summed E-state index contributed by atoms with van der Waals surface area (Å²) in [7, 11) is 0. The summed E-state index contributed by atoms with van der Waals surface area (Å²) < 4.78 is 0.741. The Morgan fingerprint density at radius 3 is 1.50 bits per heavy atom. The molecule has 0 radical (unpaired) electrons. The van der Waals surface area contributed by atoms with Crippen molar-refractivity contribution < 1.29 is 10.2 Å². The van der Waals surface area contributed by atoms with Crippen molar-refractivity contribution in [2.24, 2.45) is 0 Å². The second-order valence-corrected chi connectivity index (χ2v) is 3.29. The minimum Gasteiger partial charge on any atom is -0.502 e. The van der Waals surface area contributed by atoms with Crippen LogP contribution in [0.3, 0.4) is 0 Å². The minimum atomic E-state index is -0.0618. The Labute approximate surface area is 92.5 Å². The van der Waals surface area contributed by atoms with Gasteiger partial charge < -0.3 is 15.7 Å². The van der Waals surface area contributed by atoms with Crippen molar-refractivity contribution in [3.8, 4) is 11.5 Å². The summed E-state index contributed by atoms with van der Waals surface area (Å²) in [4.78, 5) is 0. The van der Waals surface area contributed by atoms with Crippen molar-refractivity contribution in [2.45, 2.75) is 0 Å². The monoisotopic (exact) mass is 214 g/mol. The van der Waals surface area contributed by atoms with Gasteiger partial charge in [0.1, 0.15) is 0 Å². The molecule has 2 aromatic carbocycles. The molecular weight excluding hydrogens is 204 g/mol. The molecule has 0 aromatic heterocycles. The Morgan fingerprint density at radius 1 is 0.750 bits per heavy atom. The molecule has 16 heavy (non-hydrogen) atoms. The molecule has 0 amide bonds. The average molecular weight is 214 g/mol. The fourth-order valence-electron chi connectivity index (χ4n) is 1.42. The van der Waals surface area contributed by atoms with Gasteiger partial charge in [0.05, 0.1) is 0 Å². The lowest BCUT2D eigenvalue weighted by molar-refractivity contribution is 0.467. The maximum atomic E-state index is 9.87. The Hall–Kier alpha value is -2.36. The number of benzene rings is 2. The van der Waals surface area contributed by atoms with Crippen molar-refractivity contribution in [3.63, 3.8) is 0 Å². The first-order valence-electron chi connectivity index (χ1n) is 4.75. The van der Waals surface area contributed by atoms with E-state index in [-0.39, 0.29) is 22.9 Å². The summed E-state index contributed by atoms with van der Waals surface area (Å²) in [5.41, 5.74) is 10.3. The average Bonchev–Trinajstić information content (AvgIpc) is 2.29. The van der Waals surface area contributed by atoms with Crippen LogP contribution in [0.1, 0.15) is 0 Å². The molecule has 0 spiro atoms. The van der Waals surface area contributed by atoms with Crippen LogP contribution in [0.25, 0.3) is 5.53 Å². The van der Waals surface area contributed by atoms with E-state index in [1.165, 1.54) is 12.1 Å². The minimum absolute atomic E-state index is 0.0618. The third-order valence-corrected chi connectivity index (χ3v) is 2.22. The van der Waals surface area contributed by atoms with Gasteiger partial charge in [0, 0.05) is 12.1 Å². The zero-order valence-corrected chi connectivity index (χ0v) is 8.41. The Morgan fingerprint density at radius 2 is 1.12 bits per heavy atom. The van der Waals surface area contributed by atoms with Gasteiger partial charge in [-0.1, -0.05) is 24.3 Å². The van der Waals surface area contributed by atoms with E-state index in [9.17, 15) is 15.7 Å². The number of para-hydroxylation sites is 4. The highest BCUT2D eigenvalue weighted by Crippen LogP contribution is 2.33. The highest BCUT2D eigenvalue weighted by atomic mass is 16.3. The molecule has 2 aromatic rings. The van der Waals surface area contributed by atoms with E-state index in [2.05, 4.69) is 0 Å². The number of hydrogen-bond donors (Lipinski definition) is 2. The van der Waals surface area contributed by atoms with E-state index >= 15 is 0 Å². The van der Waals surface area contributed by atoms with Gasteiger partial charge in [-0.05, 0) is 12.1 Å². The van der Waals surface area contributed by atoms with Crippen molar-refractivity contribution >= 4 is 11.4 Å². The summed E-state index contributed by atoms with van der Waals surface area (Å²) in [5.74, 6) is -0.124. The van der Waals surface area contributed by atoms with Crippen molar-refractivity contribution in [3.05, 3.63) is 54.1 Å². The predicted octanol–water partition coefficient (Wildman–Crippen LogP) is 2.95. The van der Waals surface area contributed by atoms with Crippen LogP contribution in [0.5, 0.6) is 11.5 Å². The first-order chi connectivity index (χ1) is 7.70. The molecule has 0 atom stereocenters. The number of aromatic hydroxyl groups is 2. The highest BCUT2D eigenvalue weighted by molar-refractivity contribution is 5.62. The molecule has 0 fully saturated rings. The van der Waals surface area contributed by atoms with E-state index < -0.39 is 0 Å². The molecule has 0 saturated heterocycles. The van der Waals surface area contributed by atoms with Gasteiger partial charge in [-0.3, -0.25) is 0 Å². The first kappa shape index (κ1) is 10.2. The predicted molar refractivity (Wildman–Crippen MR) is 61.0 cm³/mol. The normalized spacial score (nSPS) is 10.0. The molecule has 0 bridgehead atoms. The van der Waals surface area contributed by atoms with Gasteiger partial charge in [0.15, 0.2) is 11.5 Å². The van der Waals surface area contributed by atoms with Gasteiger partial charge in [0.25, 0.3) is 0 Å². The van der Waals surface area contributed by atoms with Crippen LogP contribution in [0.15, 0.2) is 48.5 Å². The lowest BCUT2D eigenvalue weighted by Gasteiger charge is -2.07. The first-order valence-corrected chi connectivity index (χ1v) is 4.75. The second-order valence-electron chi connectivity index (χ2n) is 3.29. The molecule has 80 valence electrons. The molecule has 2 rings (SSSR count). The summed E-state index contributed by atoms with van der Waals surface area (Å²) in [5, 5.41) is 19.1. The van der Waals surface area contributed by atoms with Crippen LogP contribution in [0.4, 0.5) is 11.4 Å². The zero-order chi connectivity index (χ0) is 11.5. The van der Waals surface area contributed by atoms with E-state index in [4.69, 9.17) is 0 Å². The number of rotatable bonds is 2. The van der Waals surface area contributed by atoms with Crippen molar-refractivity contribution in [1.29, 1.82) is 0 Å². The van der Waals surface area contributed by atoms with Gasteiger partial charge >= 0.3 is 0 Å². The zero-order valence-electron chi connectivity index (χ0n) is 8.41. The van der Waals surface area contributed by atoms with Gasteiger partial charge in [-0.15, -0.1) is 0 Å². The molecule has 0 heterocycles. The number of phenolic OH excluding ortho intramolecular Hbond substituents is 2. The molecule has 0 unspecified atom stereocenters. The van der Waals surface area contributed by atoms with Crippen molar-refractivity contribution in [1.82, 2.24) is 4.70 Å². The quantitative estimate of drug-likeness (QED) is 0.596. The SMILES string of the molecule is [N-]=[N+](c1ccccc1O)c1ccccc1O. The summed E-state index contributed by atoms with van der Waals surface area (Å²) >= 11 is 0. The lowest BCUT2D eigenvalue weighted by atomic mass is 10.2. The Kier molecular flexibility index (Phi) is 2.55. The lowest BCUT2D eigenvalue weighted by Crippen LogP contribution is -1.97. The van der Waals surface area contributed by atoms with Crippen LogP contribution in [-0.2, 0) is 0 Å². The van der Waals surface area contributed by atoms with Crippen molar-refractivity contribution in [2.75, 3.05) is 0 Å². The molecule has 0 aliphatic heterocycles. The highest BCUT2D eigenvalue weighted by Gasteiger charge is 2.14. The molecule has 4 heteroatoms. The van der Waals surface area contributed by atoms with Gasteiger partial charge in [-0.25, -0.2) is 4.70 Å². The summed E-state index contributed by atoms with van der Waals surface area (Å²) in [6, 6.07) is 12.7.